The van der Waals surface area contributed by atoms with Crippen LogP contribution in [0.5, 0.6) is 0 Å². The van der Waals surface area contributed by atoms with Crippen LogP contribution < -0.4 is 32.5 Å². The van der Waals surface area contributed by atoms with Gasteiger partial charge < -0.3 is 24.9 Å². The Kier molecular flexibility index (Phi) is 24.8. The second-order valence-electron chi connectivity index (χ2n) is 33.7. The van der Waals surface area contributed by atoms with Gasteiger partial charge in [0.15, 0.2) is 0 Å². The lowest BCUT2D eigenvalue weighted by Gasteiger charge is -2.33. The number of anilines is 1. The molecule has 0 radical (unpaired) electrons. The number of nitrogens with one attached hydrogen (secondary N) is 1. The van der Waals surface area contributed by atoms with Gasteiger partial charge in [-0.15, -0.1) is 0 Å². The highest BCUT2D eigenvalue weighted by atomic mass is 19.1. The number of aromatic nitrogens is 20. The Morgan fingerprint density at radius 3 is 1.07 bits per heavy atom. The molecule has 0 saturated carbocycles. The summed E-state index contributed by atoms with van der Waals surface area (Å²) >= 11 is 0. The molecule has 1 N–H and O–H groups in total. The lowest BCUT2D eigenvalue weighted by atomic mass is 9.90. The van der Waals surface area contributed by atoms with Gasteiger partial charge in [-0.1, -0.05) is 39.0 Å². The summed E-state index contributed by atoms with van der Waals surface area (Å²) in [5.74, 6) is 1.29. The van der Waals surface area contributed by atoms with Crippen molar-refractivity contribution in [1.29, 1.82) is 0 Å². The lowest BCUT2D eigenvalue weighted by molar-refractivity contribution is 0.197. The molecule has 0 bridgehead atoms. The van der Waals surface area contributed by atoms with Crippen LogP contribution in [-0.4, -0.2) is 209 Å². The second kappa shape index (κ2) is 36.7. The molecule has 16 aromatic rings. The molecular formula is C94H107F2N25O4. The molecule has 4 aliphatic rings. The van der Waals surface area contributed by atoms with Gasteiger partial charge in [-0.05, 0) is 248 Å². The number of nitrogens with zero attached hydrogens (tertiary/aromatic N) is 24. The molecule has 1 atom stereocenters. The number of halogens is 2. The minimum absolute atomic E-state index is 0.0719. The maximum Gasteiger partial charge on any atom is 0.258 e. The van der Waals surface area contributed by atoms with E-state index in [1.807, 2.05) is 155 Å². The zero-order chi connectivity index (χ0) is 86.8. The summed E-state index contributed by atoms with van der Waals surface area (Å²) in [5, 5.41) is 22.0. The molecule has 20 heterocycles. The Hall–Kier alpha value is -12.6. The zero-order valence-corrected chi connectivity index (χ0v) is 72.8. The first-order chi connectivity index (χ1) is 60.6. The number of likely N-dealkylation sites (tertiary alicyclic amines) is 3. The molecule has 4 fully saturated rings. The average Bonchev–Trinajstić information content (AvgIpc) is 1.72. The van der Waals surface area contributed by atoms with Crippen molar-refractivity contribution >= 4 is 50.3 Å². The highest BCUT2D eigenvalue weighted by Crippen LogP contribution is 2.34. The molecule has 0 amide bonds. The summed E-state index contributed by atoms with van der Waals surface area (Å²) in [5.41, 5.74) is 22.7. The van der Waals surface area contributed by atoms with Crippen molar-refractivity contribution in [3.05, 3.63) is 250 Å². The van der Waals surface area contributed by atoms with E-state index in [2.05, 4.69) is 111 Å². The van der Waals surface area contributed by atoms with Gasteiger partial charge in [-0.25, -0.2) is 42.4 Å². The molecule has 4 saturated heterocycles. The van der Waals surface area contributed by atoms with Crippen molar-refractivity contribution in [1.82, 2.24) is 116 Å². The monoisotopic (exact) mass is 1690 g/mol. The number of fused-ring (bicyclic) bond motifs is 8. The van der Waals surface area contributed by atoms with Crippen LogP contribution in [0, 0.1) is 41.5 Å². The van der Waals surface area contributed by atoms with E-state index >= 15 is 0 Å². The van der Waals surface area contributed by atoms with E-state index in [4.69, 9.17) is 19.9 Å². The summed E-state index contributed by atoms with van der Waals surface area (Å²) in [6.07, 6.45) is 25.0. The smallest absolute Gasteiger partial charge is 0.258 e. The fraction of sp³-hybridized carbons (Fsp3) is 0.404. The predicted octanol–water partition coefficient (Wildman–Crippen LogP) is 12.7. The van der Waals surface area contributed by atoms with Crippen LogP contribution in [0.4, 0.5) is 14.5 Å². The van der Waals surface area contributed by atoms with E-state index in [-0.39, 0.29) is 35.6 Å². The molecule has 0 spiro atoms. The van der Waals surface area contributed by atoms with Crippen LogP contribution in [0.15, 0.2) is 166 Å². The van der Waals surface area contributed by atoms with Crippen LogP contribution in [0.25, 0.3) is 90.2 Å². The zero-order valence-electron chi connectivity index (χ0n) is 72.8. The van der Waals surface area contributed by atoms with Gasteiger partial charge in [0.05, 0.1) is 128 Å². The molecule has 0 aliphatic carbocycles. The maximum absolute atomic E-state index is 13.0. The van der Waals surface area contributed by atoms with Crippen molar-refractivity contribution in [2.75, 3.05) is 96.8 Å². The number of pyridine rings is 4. The molecule has 4 aliphatic heterocycles. The first-order valence-corrected chi connectivity index (χ1v) is 43.9. The largest absolute Gasteiger partial charge is 0.368 e. The van der Waals surface area contributed by atoms with Crippen LogP contribution in [0.3, 0.4) is 0 Å². The molecule has 125 heavy (non-hydrogen) atoms. The Morgan fingerprint density at radius 1 is 0.368 bits per heavy atom. The summed E-state index contributed by atoms with van der Waals surface area (Å²) in [6.45, 7) is 30.9. The highest BCUT2D eigenvalue weighted by Gasteiger charge is 2.27. The number of piperazine rings is 1. The summed E-state index contributed by atoms with van der Waals surface area (Å²) in [6, 6.07) is 30.4. The molecule has 31 heteroatoms. The first kappa shape index (κ1) is 84.6. The Morgan fingerprint density at radius 2 is 0.712 bits per heavy atom. The summed E-state index contributed by atoms with van der Waals surface area (Å²) < 4.78 is 38.8. The number of hydrogen-bond donors (Lipinski definition) is 1. The predicted molar refractivity (Wildman–Crippen MR) is 483 cm³/mol. The summed E-state index contributed by atoms with van der Waals surface area (Å²) in [7, 11) is 0. The SMILES string of the molecule is CCCN1CCC(c2ccc3nc(-c4cc5c(CC)nc(C)cn5n4)cc(=O)n3c2)CC1.CCc1nc(C)cn2nc(-c3cc(=O)n4cc(N5CCN[C@H](C)C5)ccc4n3)cc12.Cc1cn2nc(-c3cc(=O)n4cc(C5CCN(CCCF)CC5)ccc4n3)cc2c(C)n1.Cc1cn2nc(-c3cc(=O)n4cc(C5CCN(CCF)CC5)ccc4n3)cc2c(C)n1. The maximum atomic E-state index is 13.0. The van der Waals surface area contributed by atoms with E-state index < -0.39 is 0 Å². The standard InChI is InChI=1S/C25H30N6O.C24H27FN6O.C23H25FN6O.C22H25N7O/c1-4-10-29-11-8-18(9-12-29)19-6-7-24-27-21(14-25(32)30(24)16-19)22-13-23-20(5-2)26-17(3)15-31(23)28-22;1-16-14-31-22(17(2)26-16)12-21(28-31)20-13-24(32)30-15-19(4-5-23(30)27-20)18-6-10-29(11-7-18)9-3-8-25;1-15-13-30-21(16(2)25-15)11-20(27-30)19-12-23(31)29-14-18(3-4-22(29)26-19)17-5-8-28(9-6-17)10-7-24;1-4-17-20-9-19(26-29(20)12-15(3)24-17)18-10-22(30)28-13-16(5-6-21(28)25-18)27-8-7-23-14(2)11-27/h6-7,13-16,18H,4-5,8-12H2,1-3H3;4-5,12-15,18H,3,6-11H2,1-2H3;3-4,11-14,17H,5-10H2,1-2H3;5-6,9-10,12-14,23H,4,7-8,11H2,1-3H3/t;;;14-/m...1/s1. The lowest BCUT2D eigenvalue weighted by Crippen LogP contribution is -2.49. The van der Waals surface area contributed by atoms with Crippen LogP contribution in [-0.2, 0) is 12.8 Å². The number of rotatable bonds is 17. The third kappa shape index (κ3) is 18.4. The Balaban J connectivity index is 0.000000118. The van der Waals surface area contributed by atoms with Crippen LogP contribution in [0.1, 0.15) is 159 Å². The topological polar surface area (TPSA) is 283 Å². The van der Waals surface area contributed by atoms with Crippen LogP contribution in [0.2, 0.25) is 0 Å². The average molecular weight is 1690 g/mol. The van der Waals surface area contributed by atoms with Crippen LogP contribution >= 0.6 is 0 Å². The third-order valence-corrected chi connectivity index (χ3v) is 24.7. The minimum Gasteiger partial charge on any atom is -0.368 e. The molecule has 646 valence electrons. The van der Waals surface area contributed by atoms with Crippen molar-refractivity contribution in [2.45, 2.75) is 157 Å². The highest BCUT2D eigenvalue weighted by molar-refractivity contribution is 5.70. The van der Waals surface area contributed by atoms with E-state index in [1.54, 1.807) is 44.8 Å². The Labute approximate surface area is 721 Å². The van der Waals surface area contributed by atoms with Gasteiger partial charge in [0.1, 0.15) is 52.0 Å². The quantitative estimate of drug-likeness (QED) is 0.0886. The van der Waals surface area contributed by atoms with Crippen molar-refractivity contribution in [3.63, 3.8) is 0 Å². The van der Waals surface area contributed by atoms with Crippen molar-refractivity contribution in [2.24, 2.45) is 0 Å². The van der Waals surface area contributed by atoms with E-state index in [0.717, 1.165) is 201 Å². The van der Waals surface area contributed by atoms with Crippen molar-refractivity contribution in [3.8, 4) is 45.6 Å². The molecule has 20 rings (SSSR count). The van der Waals surface area contributed by atoms with E-state index in [9.17, 15) is 28.0 Å². The second-order valence-corrected chi connectivity index (χ2v) is 33.7. The first-order valence-electron chi connectivity index (χ1n) is 43.9. The number of alkyl halides is 2. The summed E-state index contributed by atoms with van der Waals surface area (Å²) in [4.78, 5) is 98.1. The van der Waals surface area contributed by atoms with Gasteiger partial charge in [0.2, 0.25) is 0 Å². The molecule has 29 nitrogen and oxygen atoms in total. The normalized spacial score (nSPS) is 16.1. The van der Waals surface area contributed by atoms with Gasteiger partial charge in [0.25, 0.3) is 22.2 Å². The van der Waals surface area contributed by atoms with Gasteiger partial charge in [0, 0.05) is 87.8 Å². The molecule has 0 aromatic carbocycles. The Bertz CT molecular complexity index is 6940. The van der Waals surface area contributed by atoms with Gasteiger partial charge in [-0.2, -0.15) is 20.4 Å². The van der Waals surface area contributed by atoms with E-state index in [0.29, 0.717) is 105 Å². The molecule has 16 aromatic heterocycles. The number of piperidine rings is 3. The van der Waals surface area contributed by atoms with Crippen molar-refractivity contribution < 1.29 is 8.78 Å². The van der Waals surface area contributed by atoms with Gasteiger partial charge >= 0.3 is 0 Å². The molecular weight excluding hydrogens is 1580 g/mol. The number of hydrogen-bond acceptors (Lipinski definition) is 21. The third-order valence-electron chi connectivity index (χ3n) is 24.7. The molecule has 0 unspecified atom stereocenters. The fourth-order valence-electron chi connectivity index (χ4n) is 18.2. The fourth-order valence-corrected chi connectivity index (χ4v) is 18.2. The minimum atomic E-state index is -0.300. The number of aryl methyl sites for hydroxylation is 8. The van der Waals surface area contributed by atoms with Gasteiger partial charge in [-0.3, -0.25) is 61.1 Å². The van der Waals surface area contributed by atoms with E-state index in [1.165, 1.54) is 24.6 Å².